The van der Waals surface area contributed by atoms with Crippen LogP contribution in [0.4, 0.5) is 0 Å². The molecule has 1 saturated heterocycles. The average molecular weight is 379 g/mol. The number of nitrogens with one attached hydrogen (secondary N) is 1. The molecule has 4 heteroatoms. The molecule has 28 heavy (non-hydrogen) atoms. The van der Waals surface area contributed by atoms with E-state index in [4.69, 9.17) is 0 Å². The van der Waals surface area contributed by atoms with E-state index in [1.54, 1.807) is 6.08 Å². The largest absolute Gasteiger partial charge is 0.353 e. The highest BCUT2D eigenvalue weighted by Crippen LogP contribution is 2.21. The summed E-state index contributed by atoms with van der Waals surface area (Å²) in [6.45, 7) is 7.52. The maximum Gasteiger partial charge on any atom is 0.246 e. The van der Waals surface area contributed by atoms with E-state index in [1.807, 2.05) is 42.2 Å². The molecule has 1 aliphatic rings. The number of carbonyl (C=O) groups excluding carboxylic acids is 2. The zero-order valence-corrected chi connectivity index (χ0v) is 17.0. The van der Waals surface area contributed by atoms with Crippen LogP contribution in [0.5, 0.6) is 0 Å². The second kappa shape index (κ2) is 9.05. The van der Waals surface area contributed by atoms with E-state index in [2.05, 4.69) is 37.4 Å². The molecule has 1 unspecified atom stereocenters. The molecule has 0 bridgehead atoms. The van der Waals surface area contributed by atoms with Gasteiger partial charge in [-0.2, -0.15) is 0 Å². The van der Waals surface area contributed by atoms with E-state index < -0.39 is 0 Å². The summed E-state index contributed by atoms with van der Waals surface area (Å²) in [5.41, 5.74) is 1.04. The van der Waals surface area contributed by atoms with Gasteiger partial charge in [0.2, 0.25) is 11.8 Å². The summed E-state index contributed by atoms with van der Waals surface area (Å²) >= 11 is 0. The highest BCUT2D eigenvalue weighted by molar-refractivity contribution is 5.96. The van der Waals surface area contributed by atoms with Gasteiger partial charge >= 0.3 is 0 Å². The quantitative estimate of drug-likeness (QED) is 0.791. The zero-order chi connectivity index (χ0) is 20.1. The first-order valence-electron chi connectivity index (χ1n) is 10.2. The smallest absolute Gasteiger partial charge is 0.246 e. The van der Waals surface area contributed by atoms with Crippen LogP contribution in [0.1, 0.15) is 39.2 Å². The van der Waals surface area contributed by atoms with Crippen molar-refractivity contribution in [2.75, 3.05) is 13.1 Å². The lowest BCUT2D eigenvalue weighted by atomic mass is 9.94. The van der Waals surface area contributed by atoms with E-state index in [0.29, 0.717) is 19.0 Å². The first kappa shape index (κ1) is 20.1. The molecule has 0 radical (unpaired) electrons. The first-order valence-corrected chi connectivity index (χ1v) is 10.2. The van der Waals surface area contributed by atoms with Crippen LogP contribution >= 0.6 is 0 Å². The molecule has 2 aromatic carbocycles. The van der Waals surface area contributed by atoms with Crippen LogP contribution in [-0.4, -0.2) is 35.8 Å². The minimum atomic E-state index is 0.00676. The van der Waals surface area contributed by atoms with Gasteiger partial charge in [0.1, 0.15) is 0 Å². The van der Waals surface area contributed by atoms with E-state index in [-0.39, 0.29) is 23.8 Å². The summed E-state index contributed by atoms with van der Waals surface area (Å²) in [6.07, 6.45) is 5.01. The second-order valence-corrected chi connectivity index (χ2v) is 8.04. The lowest BCUT2D eigenvalue weighted by molar-refractivity contribution is -0.132. The second-order valence-electron chi connectivity index (χ2n) is 8.04. The van der Waals surface area contributed by atoms with Gasteiger partial charge in [0.25, 0.3) is 0 Å². The summed E-state index contributed by atoms with van der Waals surface area (Å²) in [5, 5.41) is 5.41. The summed E-state index contributed by atoms with van der Waals surface area (Å²) in [7, 11) is 0. The number of hydrogen-bond donors (Lipinski definition) is 1. The number of benzene rings is 2. The van der Waals surface area contributed by atoms with Crippen molar-refractivity contribution >= 4 is 28.7 Å². The van der Waals surface area contributed by atoms with Crippen molar-refractivity contribution in [1.82, 2.24) is 10.2 Å². The highest BCUT2D eigenvalue weighted by Gasteiger charge is 2.27. The number of nitrogens with zero attached hydrogens (tertiary/aromatic N) is 1. The number of hydrogen-bond acceptors (Lipinski definition) is 2. The van der Waals surface area contributed by atoms with Crippen molar-refractivity contribution in [3.8, 4) is 0 Å². The Balaban J connectivity index is 1.56. The maximum atomic E-state index is 12.6. The molecule has 148 valence electrons. The van der Waals surface area contributed by atoms with Gasteiger partial charge in [-0.05, 0) is 48.1 Å². The average Bonchev–Trinajstić information content (AvgIpc) is 2.71. The predicted molar refractivity (Wildman–Crippen MR) is 115 cm³/mol. The standard InChI is InChI=1S/C24H30N2O2/c1-17(2)18(3)25-24(28)21-13-15-26(16-14-21)23(27)12-11-20-9-6-8-19-7-4-5-10-22(19)20/h4-12,17-18,21H,13-16H2,1-3H3,(H,25,28)/b12-11+. The third-order valence-electron chi connectivity index (χ3n) is 5.78. The molecular formula is C24H30N2O2. The molecule has 4 nitrogen and oxygen atoms in total. The number of amides is 2. The van der Waals surface area contributed by atoms with Gasteiger partial charge in [0, 0.05) is 31.1 Å². The normalized spacial score (nSPS) is 16.6. The Hall–Kier alpha value is -2.62. The number of piperidine rings is 1. The molecule has 0 spiro atoms. The minimum Gasteiger partial charge on any atom is -0.353 e. The van der Waals surface area contributed by atoms with Crippen molar-refractivity contribution in [1.29, 1.82) is 0 Å². The monoisotopic (exact) mass is 378 g/mol. The van der Waals surface area contributed by atoms with Crippen molar-refractivity contribution in [3.05, 3.63) is 54.1 Å². The van der Waals surface area contributed by atoms with Gasteiger partial charge in [-0.1, -0.05) is 56.3 Å². The molecule has 3 rings (SSSR count). The van der Waals surface area contributed by atoms with Crippen LogP contribution in [0.25, 0.3) is 16.8 Å². The number of carbonyl (C=O) groups is 2. The topological polar surface area (TPSA) is 49.4 Å². The molecular weight excluding hydrogens is 348 g/mol. The third-order valence-corrected chi connectivity index (χ3v) is 5.78. The van der Waals surface area contributed by atoms with Gasteiger partial charge in [0.05, 0.1) is 0 Å². The molecule has 0 aromatic heterocycles. The lowest BCUT2D eigenvalue weighted by Crippen LogP contribution is -2.45. The fraction of sp³-hybridized carbons (Fsp3) is 0.417. The van der Waals surface area contributed by atoms with E-state index in [1.165, 1.54) is 5.39 Å². The molecule has 1 heterocycles. The van der Waals surface area contributed by atoms with E-state index >= 15 is 0 Å². The molecule has 1 fully saturated rings. The minimum absolute atomic E-state index is 0.00676. The van der Waals surface area contributed by atoms with Gasteiger partial charge < -0.3 is 10.2 Å². The molecule has 1 N–H and O–H groups in total. The van der Waals surface area contributed by atoms with Crippen molar-refractivity contribution in [2.45, 2.75) is 39.7 Å². The SMILES string of the molecule is CC(C)C(C)NC(=O)C1CCN(C(=O)/C=C/c2cccc3ccccc23)CC1. The Labute approximate surface area is 167 Å². The fourth-order valence-corrected chi connectivity index (χ4v) is 3.53. The molecule has 2 amide bonds. The van der Waals surface area contributed by atoms with Crippen LogP contribution in [0.15, 0.2) is 48.5 Å². The predicted octanol–water partition coefficient (Wildman–Crippen LogP) is 4.25. The third kappa shape index (κ3) is 4.80. The van der Waals surface area contributed by atoms with Crippen LogP contribution in [0, 0.1) is 11.8 Å². The van der Waals surface area contributed by atoms with Gasteiger partial charge in [-0.3, -0.25) is 9.59 Å². The Bertz CT molecular complexity index is 859. The Morgan fingerprint density at radius 2 is 1.71 bits per heavy atom. The van der Waals surface area contributed by atoms with Gasteiger partial charge in [-0.15, -0.1) is 0 Å². The van der Waals surface area contributed by atoms with Crippen molar-refractivity contribution in [3.63, 3.8) is 0 Å². The summed E-state index contributed by atoms with van der Waals surface area (Å²) in [6, 6.07) is 14.5. The van der Waals surface area contributed by atoms with Crippen LogP contribution < -0.4 is 5.32 Å². The molecule has 2 aromatic rings. The lowest BCUT2D eigenvalue weighted by Gasteiger charge is -2.31. The summed E-state index contributed by atoms with van der Waals surface area (Å²) in [5.74, 6) is 0.569. The summed E-state index contributed by atoms with van der Waals surface area (Å²) < 4.78 is 0. The van der Waals surface area contributed by atoms with E-state index in [0.717, 1.165) is 23.8 Å². The maximum absolute atomic E-state index is 12.6. The Kier molecular flexibility index (Phi) is 6.50. The zero-order valence-electron chi connectivity index (χ0n) is 17.0. The van der Waals surface area contributed by atoms with Crippen molar-refractivity contribution in [2.24, 2.45) is 11.8 Å². The number of fused-ring (bicyclic) bond motifs is 1. The fourth-order valence-electron chi connectivity index (χ4n) is 3.53. The van der Waals surface area contributed by atoms with Crippen LogP contribution in [0.3, 0.4) is 0 Å². The molecule has 1 atom stereocenters. The summed E-state index contributed by atoms with van der Waals surface area (Å²) in [4.78, 5) is 26.8. The van der Waals surface area contributed by atoms with Crippen LogP contribution in [0.2, 0.25) is 0 Å². The molecule has 0 saturated carbocycles. The molecule has 0 aliphatic carbocycles. The molecule has 1 aliphatic heterocycles. The van der Waals surface area contributed by atoms with Gasteiger partial charge in [0.15, 0.2) is 0 Å². The van der Waals surface area contributed by atoms with Crippen LogP contribution in [-0.2, 0) is 9.59 Å². The number of rotatable bonds is 5. The first-order chi connectivity index (χ1) is 13.5. The Morgan fingerprint density at radius 3 is 2.43 bits per heavy atom. The van der Waals surface area contributed by atoms with Gasteiger partial charge in [-0.25, -0.2) is 0 Å². The highest BCUT2D eigenvalue weighted by atomic mass is 16.2. The van der Waals surface area contributed by atoms with E-state index in [9.17, 15) is 9.59 Å². The number of likely N-dealkylation sites (tertiary alicyclic amines) is 1. The Morgan fingerprint density at radius 1 is 1.04 bits per heavy atom. The van der Waals surface area contributed by atoms with Crippen molar-refractivity contribution < 1.29 is 9.59 Å².